The van der Waals surface area contributed by atoms with Gasteiger partial charge in [-0.15, -0.1) is 0 Å². The Morgan fingerprint density at radius 2 is 2.71 bits per heavy atom. The topological polar surface area (TPSA) is 64.6 Å². The molecule has 0 radical (unpaired) electrons. The van der Waals surface area contributed by atoms with E-state index in [9.17, 15) is 10.0 Å². The lowest BCUT2D eigenvalue weighted by molar-refractivity contribution is -0.0143. The van der Waals surface area contributed by atoms with Crippen LogP contribution < -0.4 is 5.32 Å². The van der Waals surface area contributed by atoms with E-state index in [0.717, 1.165) is 0 Å². The lowest BCUT2D eigenvalue weighted by Gasteiger charge is -2.13. The number of nitrogens with zero attached hydrogens (tertiary/aromatic N) is 1. The molecular weight excluding hydrogens is 100 g/mol. The predicted molar refractivity (Wildman–Crippen MR) is 19.7 cm³/mol. The fourth-order valence-electron chi connectivity index (χ4n) is 0.286. The zero-order chi connectivity index (χ0) is 5.28. The maximum Gasteiger partial charge on any atom is 0.426 e. The summed E-state index contributed by atoms with van der Waals surface area (Å²) in [6.45, 7) is -0.0706. The van der Waals surface area contributed by atoms with E-state index >= 15 is 0 Å². The van der Waals surface area contributed by atoms with Crippen molar-refractivity contribution < 1.29 is 9.63 Å². The number of amides is 1. The van der Waals surface area contributed by atoms with Crippen molar-refractivity contribution in [1.82, 2.24) is 10.5 Å². The predicted octanol–water partition coefficient (Wildman–Crippen LogP) is -0.601. The molecule has 0 atom stereocenters. The Bertz CT molecular complexity index is 92.9. The molecule has 1 aliphatic rings. The second kappa shape index (κ2) is 1.36. The molecule has 7 heavy (non-hydrogen) atoms. The zero-order valence-corrected chi connectivity index (χ0v) is 3.38. The number of hydrogen-bond acceptors (Lipinski definition) is 4. The molecule has 5 heteroatoms. The molecule has 40 valence electrons. The van der Waals surface area contributed by atoms with Crippen molar-refractivity contribution >= 4 is 6.09 Å². The summed E-state index contributed by atoms with van der Waals surface area (Å²) in [5, 5.41) is 12.2. The molecule has 0 aromatic rings. The summed E-state index contributed by atoms with van der Waals surface area (Å²) in [5.41, 5.74) is 0. The molecule has 1 rings (SSSR count). The number of carbonyl (C=O) groups is 1. The first kappa shape index (κ1) is 4.35. The Labute approximate surface area is 39.4 Å². The molecule has 0 aliphatic carbocycles. The van der Waals surface area contributed by atoms with E-state index in [0.29, 0.717) is 0 Å². The third-order valence-electron chi connectivity index (χ3n) is 0.537. The van der Waals surface area contributed by atoms with Crippen molar-refractivity contribution in [2.24, 2.45) is 0 Å². The summed E-state index contributed by atoms with van der Waals surface area (Å²) < 4.78 is 0. The molecule has 1 heterocycles. The van der Waals surface area contributed by atoms with Gasteiger partial charge in [0.25, 0.3) is 0 Å². The van der Waals surface area contributed by atoms with Crippen LogP contribution in [0.3, 0.4) is 0 Å². The lowest BCUT2D eigenvalue weighted by Crippen LogP contribution is -2.14. The van der Waals surface area contributed by atoms with E-state index in [1.807, 2.05) is 0 Å². The molecule has 0 unspecified atom stereocenters. The number of rotatable bonds is 0. The summed E-state index contributed by atoms with van der Waals surface area (Å²) in [7, 11) is 0. The van der Waals surface area contributed by atoms with Gasteiger partial charge in [0.2, 0.25) is 0 Å². The van der Waals surface area contributed by atoms with Gasteiger partial charge in [-0.25, -0.2) is 4.79 Å². The smallest absolute Gasteiger partial charge is 0.426 e. The van der Waals surface area contributed by atoms with E-state index in [4.69, 9.17) is 0 Å². The van der Waals surface area contributed by atoms with Crippen LogP contribution in [0.5, 0.6) is 0 Å². The zero-order valence-electron chi connectivity index (χ0n) is 3.38. The first-order valence-electron chi connectivity index (χ1n) is 1.69. The van der Waals surface area contributed by atoms with Gasteiger partial charge in [-0.2, -0.15) is 5.23 Å². The standard InChI is InChI=1S/C2H3N2O3/c5-2-3-1-4(6)7-2/h1H2,(H,3,5)/q-1. The molecule has 5 nitrogen and oxygen atoms in total. The molecule has 0 saturated carbocycles. The van der Waals surface area contributed by atoms with E-state index < -0.39 is 6.09 Å². The maximum absolute atomic E-state index is 9.88. The van der Waals surface area contributed by atoms with Crippen LogP contribution in [-0.4, -0.2) is 18.0 Å². The fraction of sp³-hybridized carbons (Fsp3) is 0.500. The first-order valence-corrected chi connectivity index (χ1v) is 1.69. The Balaban J connectivity index is 2.40. The minimum atomic E-state index is -0.685. The number of hydrogen-bond donors (Lipinski definition) is 1. The third kappa shape index (κ3) is 0.787. The highest BCUT2D eigenvalue weighted by Crippen LogP contribution is 1.91. The molecule has 1 saturated heterocycles. The second-order valence-electron chi connectivity index (χ2n) is 1.05. The third-order valence-corrected chi connectivity index (χ3v) is 0.537. The maximum atomic E-state index is 9.88. The van der Waals surface area contributed by atoms with E-state index in [2.05, 4.69) is 10.2 Å². The van der Waals surface area contributed by atoms with Crippen molar-refractivity contribution in [1.29, 1.82) is 0 Å². The van der Waals surface area contributed by atoms with Crippen LogP contribution in [0.15, 0.2) is 0 Å². The first-order chi connectivity index (χ1) is 3.29. The van der Waals surface area contributed by atoms with Gasteiger partial charge in [0.15, 0.2) is 0 Å². The van der Waals surface area contributed by atoms with Gasteiger partial charge < -0.3 is 15.4 Å². The minimum absolute atomic E-state index is 0.0706. The van der Waals surface area contributed by atoms with E-state index in [1.54, 1.807) is 0 Å². The molecule has 1 aliphatic heterocycles. The molecule has 1 fully saturated rings. The molecule has 1 amide bonds. The van der Waals surface area contributed by atoms with Gasteiger partial charge in [0.1, 0.15) is 0 Å². The number of nitrogens with one attached hydrogen (secondary N) is 1. The van der Waals surface area contributed by atoms with Gasteiger partial charge in [-0.05, 0) is 0 Å². The van der Waals surface area contributed by atoms with E-state index in [1.165, 1.54) is 0 Å². The van der Waals surface area contributed by atoms with Gasteiger partial charge >= 0.3 is 6.09 Å². The SMILES string of the molecule is O=C1NCN([O-])O1. The fourth-order valence-corrected chi connectivity index (χ4v) is 0.286. The van der Waals surface area contributed by atoms with Gasteiger partial charge in [-0.1, -0.05) is 0 Å². The van der Waals surface area contributed by atoms with Crippen LogP contribution in [0.25, 0.3) is 0 Å². The average Bonchev–Trinajstić information content (AvgIpc) is 1.87. The van der Waals surface area contributed by atoms with Gasteiger partial charge in [0, 0.05) is 0 Å². The Kier molecular flexibility index (Phi) is 0.844. The van der Waals surface area contributed by atoms with Crippen molar-refractivity contribution in [3.8, 4) is 0 Å². The van der Waals surface area contributed by atoms with Crippen LogP contribution in [0.1, 0.15) is 0 Å². The highest BCUT2D eigenvalue weighted by Gasteiger charge is 2.09. The van der Waals surface area contributed by atoms with Crippen molar-refractivity contribution in [3.05, 3.63) is 5.21 Å². The average molecular weight is 103 g/mol. The number of hydroxylamine groups is 2. The summed E-state index contributed by atoms with van der Waals surface area (Å²) in [4.78, 5) is 13.8. The Morgan fingerprint density at radius 1 is 2.00 bits per heavy atom. The normalized spacial score (nSPS) is 21.6. The monoisotopic (exact) mass is 103 g/mol. The highest BCUT2D eigenvalue weighted by atomic mass is 16.9. The Morgan fingerprint density at radius 3 is 2.86 bits per heavy atom. The van der Waals surface area contributed by atoms with Crippen molar-refractivity contribution in [3.63, 3.8) is 0 Å². The Hall–Kier alpha value is -0.810. The van der Waals surface area contributed by atoms with Crippen LogP contribution in [-0.2, 0) is 4.84 Å². The molecule has 0 spiro atoms. The molecule has 1 N–H and O–H groups in total. The van der Waals surface area contributed by atoms with Crippen LogP contribution in [0, 0.1) is 5.21 Å². The number of carbonyl (C=O) groups excluding carboxylic acids is 1. The van der Waals surface area contributed by atoms with Crippen LogP contribution in [0.2, 0.25) is 0 Å². The van der Waals surface area contributed by atoms with Gasteiger partial charge in [0.05, 0.1) is 6.67 Å². The molecule has 0 bridgehead atoms. The van der Waals surface area contributed by atoms with Crippen LogP contribution >= 0.6 is 0 Å². The second-order valence-corrected chi connectivity index (χ2v) is 1.05. The molecule has 0 aromatic heterocycles. The highest BCUT2D eigenvalue weighted by molar-refractivity contribution is 5.68. The summed E-state index contributed by atoms with van der Waals surface area (Å²) in [6, 6.07) is 0. The molecular formula is C2H3N2O3-. The van der Waals surface area contributed by atoms with E-state index in [-0.39, 0.29) is 11.9 Å². The van der Waals surface area contributed by atoms with Crippen molar-refractivity contribution in [2.75, 3.05) is 6.67 Å². The largest absolute Gasteiger partial charge is 0.751 e. The van der Waals surface area contributed by atoms with Gasteiger partial charge in [-0.3, -0.25) is 0 Å². The molecule has 0 aromatic carbocycles. The quantitative estimate of drug-likeness (QED) is 0.444. The summed E-state index contributed by atoms with van der Waals surface area (Å²) >= 11 is 0. The summed E-state index contributed by atoms with van der Waals surface area (Å²) in [6.07, 6.45) is -0.685. The van der Waals surface area contributed by atoms with Crippen molar-refractivity contribution in [2.45, 2.75) is 0 Å². The van der Waals surface area contributed by atoms with Crippen LogP contribution in [0.4, 0.5) is 4.79 Å². The lowest BCUT2D eigenvalue weighted by atomic mass is 11.1. The summed E-state index contributed by atoms with van der Waals surface area (Å²) in [5.74, 6) is 0. The minimum Gasteiger partial charge on any atom is -0.751 e.